The summed E-state index contributed by atoms with van der Waals surface area (Å²) in [6.45, 7) is 0. The Morgan fingerprint density at radius 3 is 1.29 bits per heavy atom. The summed E-state index contributed by atoms with van der Waals surface area (Å²) in [6.07, 6.45) is 14.3. The van der Waals surface area contributed by atoms with Gasteiger partial charge in [0.1, 0.15) is 0 Å². The van der Waals surface area contributed by atoms with Gasteiger partial charge >= 0.3 is 0 Å². The normalized spacial score (nSPS) is 11.9. The minimum Gasteiger partial charge on any atom is -0.378 e. The van der Waals surface area contributed by atoms with E-state index >= 15 is 0 Å². The van der Waals surface area contributed by atoms with Gasteiger partial charge in [-0.25, -0.2) is 0 Å². The van der Waals surface area contributed by atoms with Crippen LogP contribution < -0.4 is 9.80 Å². The molecule has 144 valence electrons. The summed E-state index contributed by atoms with van der Waals surface area (Å²) >= 11 is 0. The number of ketones is 1. The van der Waals surface area contributed by atoms with Gasteiger partial charge in [0, 0.05) is 39.6 Å². The van der Waals surface area contributed by atoms with E-state index in [2.05, 4.69) is 58.3 Å². The maximum atomic E-state index is 11.9. The van der Waals surface area contributed by atoms with Crippen LogP contribution in [-0.2, 0) is 4.79 Å². The Morgan fingerprint density at radius 2 is 0.964 bits per heavy atom. The van der Waals surface area contributed by atoms with Crippen LogP contribution in [0.5, 0.6) is 0 Å². The van der Waals surface area contributed by atoms with Crippen molar-refractivity contribution in [3.63, 3.8) is 0 Å². The van der Waals surface area contributed by atoms with E-state index in [9.17, 15) is 4.79 Å². The lowest BCUT2D eigenvalue weighted by Crippen LogP contribution is -2.07. The molecule has 3 nitrogen and oxygen atoms in total. The molecule has 2 aromatic carbocycles. The van der Waals surface area contributed by atoms with Gasteiger partial charge in [-0.1, -0.05) is 60.7 Å². The van der Waals surface area contributed by atoms with Crippen LogP contribution in [0.15, 0.2) is 85.0 Å². The molecule has 28 heavy (non-hydrogen) atoms. The van der Waals surface area contributed by atoms with Crippen LogP contribution in [0.25, 0.3) is 12.2 Å². The zero-order valence-electron chi connectivity index (χ0n) is 17.0. The van der Waals surface area contributed by atoms with Crippen molar-refractivity contribution in [2.75, 3.05) is 38.0 Å². The standard InChI is InChI=1S/C25H28N2O/c1-26(2)23-17-13-21(14-18-23)9-5-7-11-25(28)12-8-6-10-22-15-19-24(20-16-22)27(3)4/h5-20H,1-4H3/b9-5+,10-6+,11-7+,12-8+. The van der Waals surface area contributed by atoms with Crippen LogP contribution in [0.1, 0.15) is 11.1 Å². The minimum absolute atomic E-state index is 0.0415. The van der Waals surface area contributed by atoms with Crippen molar-refractivity contribution in [2.24, 2.45) is 0 Å². The molecule has 3 heteroatoms. The van der Waals surface area contributed by atoms with E-state index in [1.165, 1.54) is 0 Å². The number of nitrogens with zero attached hydrogens (tertiary/aromatic N) is 2. The second-order valence-electron chi connectivity index (χ2n) is 6.81. The van der Waals surface area contributed by atoms with Crippen LogP contribution in [-0.4, -0.2) is 34.0 Å². The second kappa shape index (κ2) is 10.7. The summed E-state index contributed by atoms with van der Waals surface area (Å²) in [5.41, 5.74) is 4.52. The summed E-state index contributed by atoms with van der Waals surface area (Å²) in [7, 11) is 8.07. The summed E-state index contributed by atoms with van der Waals surface area (Å²) in [5.74, 6) is -0.0415. The zero-order chi connectivity index (χ0) is 20.4. The van der Waals surface area contributed by atoms with Crippen molar-refractivity contribution in [3.8, 4) is 0 Å². The average molecular weight is 373 g/mol. The first-order valence-corrected chi connectivity index (χ1v) is 9.24. The maximum Gasteiger partial charge on any atom is 0.178 e. The monoisotopic (exact) mass is 372 g/mol. The van der Waals surface area contributed by atoms with Crippen molar-refractivity contribution < 1.29 is 4.79 Å². The second-order valence-corrected chi connectivity index (χ2v) is 6.81. The Balaban J connectivity index is 1.82. The van der Waals surface area contributed by atoms with Crippen molar-refractivity contribution in [3.05, 3.63) is 96.1 Å². The van der Waals surface area contributed by atoms with Gasteiger partial charge in [-0.15, -0.1) is 0 Å². The van der Waals surface area contributed by atoms with Crippen molar-refractivity contribution >= 4 is 29.3 Å². The van der Waals surface area contributed by atoms with Gasteiger partial charge in [-0.3, -0.25) is 4.79 Å². The van der Waals surface area contributed by atoms with Gasteiger partial charge < -0.3 is 9.80 Å². The van der Waals surface area contributed by atoms with Gasteiger partial charge in [0.15, 0.2) is 5.78 Å². The molecule has 0 atom stereocenters. The van der Waals surface area contributed by atoms with Crippen LogP contribution in [0.2, 0.25) is 0 Å². The number of carbonyl (C=O) groups is 1. The molecule has 0 aliphatic heterocycles. The number of benzene rings is 2. The third-order valence-corrected chi connectivity index (χ3v) is 4.14. The van der Waals surface area contributed by atoms with Crippen molar-refractivity contribution in [2.45, 2.75) is 0 Å². The van der Waals surface area contributed by atoms with Gasteiger partial charge in [0.2, 0.25) is 0 Å². The Bertz CT molecular complexity index is 794. The largest absolute Gasteiger partial charge is 0.378 e. The number of hydrogen-bond donors (Lipinski definition) is 0. The molecule has 2 rings (SSSR count). The number of anilines is 2. The molecule has 0 unspecified atom stereocenters. The van der Waals surface area contributed by atoms with Gasteiger partial charge in [-0.2, -0.15) is 0 Å². The quantitative estimate of drug-likeness (QED) is 0.468. The van der Waals surface area contributed by atoms with Gasteiger partial charge in [0.05, 0.1) is 0 Å². The first kappa shape index (κ1) is 21.0. The number of hydrogen-bond acceptors (Lipinski definition) is 3. The lowest BCUT2D eigenvalue weighted by atomic mass is 10.2. The molecule has 0 spiro atoms. The minimum atomic E-state index is -0.0415. The lowest BCUT2D eigenvalue weighted by Gasteiger charge is -2.11. The molecule has 0 radical (unpaired) electrons. The fraction of sp³-hybridized carbons (Fsp3) is 0.160. The lowest BCUT2D eigenvalue weighted by molar-refractivity contribution is -0.110. The highest BCUT2D eigenvalue weighted by Gasteiger charge is 1.94. The van der Waals surface area contributed by atoms with E-state index in [4.69, 9.17) is 0 Å². The molecule has 0 saturated carbocycles. The third kappa shape index (κ3) is 7.12. The van der Waals surface area contributed by atoms with Gasteiger partial charge in [-0.05, 0) is 47.5 Å². The number of allylic oxidation sites excluding steroid dienone is 6. The molecular weight excluding hydrogens is 344 g/mol. The highest BCUT2D eigenvalue weighted by molar-refractivity contribution is 5.99. The Labute approximate surface area is 168 Å². The van der Waals surface area contributed by atoms with Crippen LogP contribution in [0.3, 0.4) is 0 Å². The number of carbonyl (C=O) groups excluding carboxylic acids is 1. The maximum absolute atomic E-state index is 11.9. The highest BCUT2D eigenvalue weighted by atomic mass is 16.1. The summed E-state index contributed by atoms with van der Waals surface area (Å²) in [4.78, 5) is 16.0. The molecule has 0 fully saturated rings. The zero-order valence-corrected chi connectivity index (χ0v) is 17.0. The molecule has 0 heterocycles. The molecule has 0 N–H and O–H groups in total. The fourth-order valence-corrected chi connectivity index (χ4v) is 2.46. The van der Waals surface area contributed by atoms with E-state index < -0.39 is 0 Å². The number of rotatable bonds is 8. The SMILES string of the molecule is CN(C)c1ccc(/C=C/C=C/C(=O)/C=C/C=C/c2ccc(N(C)C)cc2)cc1. The van der Waals surface area contributed by atoms with E-state index in [-0.39, 0.29) is 5.78 Å². The molecule has 0 aliphatic rings. The first-order chi connectivity index (χ1) is 13.5. The molecule has 2 aromatic rings. The van der Waals surface area contributed by atoms with Crippen molar-refractivity contribution in [1.29, 1.82) is 0 Å². The molecule has 0 bridgehead atoms. The smallest absolute Gasteiger partial charge is 0.178 e. The van der Waals surface area contributed by atoms with Crippen LogP contribution >= 0.6 is 0 Å². The molecule has 0 aliphatic carbocycles. The third-order valence-electron chi connectivity index (χ3n) is 4.14. The summed E-state index contributed by atoms with van der Waals surface area (Å²) in [6, 6.07) is 16.5. The first-order valence-electron chi connectivity index (χ1n) is 9.24. The van der Waals surface area contributed by atoms with E-state index in [1.807, 2.05) is 52.5 Å². The van der Waals surface area contributed by atoms with Crippen LogP contribution in [0, 0.1) is 0 Å². The predicted molar refractivity (Wildman–Crippen MR) is 123 cm³/mol. The Hall–Kier alpha value is -3.33. The van der Waals surface area contributed by atoms with E-state index in [1.54, 1.807) is 24.3 Å². The van der Waals surface area contributed by atoms with Crippen LogP contribution in [0.4, 0.5) is 11.4 Å². The summed E-state index contributed by atoms with van der Waals surface area (Å²) in [5, 5.41) is 0. The topological polar surface area (TPSA) is 23.6 Å². The van der Waals surface area contributed by atoms with Crippen molar-refractivity contribution in [1.82, 2.24) is 0 Å². The molecule has 0 saturated heterocycles. The van der Waals surface area contributed by atoms with E-state index in [0.29, 0.717) is 0 Å². The average Bonchev–Trinajstić information content (AvgIpc) is 2.69. The fourth-order valence-electron chi connectivity index (χ4n) is 2.46. The van der Waals surface area contributed by atoms with E-state index in [0.717, 1.165) is 22.5 Å². The predicted octanol–water partition coefficient (Wildman–Crippen LogP) is 5.23. The van der Waals surface area contributed by atoms with Gasteiger partial charge in [0.25, 0.3) is 0 Å². The Morgan fingerprint density at radius 1 is 0.607 bits per heavy atom. The summed E-state index contributed by atoms with van der Waals surface area (Å²) < 4.78 is 0. The molecular formula is C25H28N2O. The Kier molecular flexibility index (Phi) is 8.04. The molecule has 0 aromatic heterocycles. The molecule has 0 amide bonds. The highest BCUT2D eigenvalue weighted by Crippen LogP contribution is 2.14.